The number of nitrogens with one attached hydrogen (secondary N) is 1. The molecule has 0 saturated heterocycles. The van der Waals surface area contributed by atoms with Crippen LogP contribution in [0.25, 0.3) is 16.9 Å². The normalized spacial score (nSPS) is 10.7. The Morgan fingerprint density at radius 1 is 0.974 bits per heavy atom. The van der Waals surface area contributed by atoms with Gasteiger partial charge < -0.3 is 15.0 Å². The van der Waals surface area contributed by atoms with E-state index >= 15 is 0 Å². The van der Waals surface area contributed by atoms with Gasteiger partial charge in [0.1, 0.15) is 23.9 Å². The lowest BCUT2D eigenvalue weighted by Crippen LogP contribution is -2.39. The van der Waals surface area contributed by atoms with E-state index in [-0.39, 0.29) is 24.2 Å². The van der Waals surface area contributed by atoms with Crippen molar-refractivity contribution in [3.05, 3.63) is 96.3 Å². The third-order valence-corrected chi connectivity index (χ3v) is 6.11. The minimum Gasteiger partial charge on any atom is -0.496 e. The molecule has 0 aliphatic carbocycles. The molecule has 0 spiro atoms. The summed E-state index contributed by atoms with van der Waals surface area (Å²) in [4.78, 5) is 28.3. The Morgan fingerprint density at radius 2 is 1.68 bits per heavy atom. The van der Waals surface area contributed by atoms with Gasteiger partial charge in [0, 0.05) is 18.2 Å². The molecule has 7 nitrogen and oxygen atoms in total. The van der Waals surface area contributed by atoms with Gasteiger partial charge in [0.05, 0.1) is 24.1 Å². The van der Waals surface area contributed by atoms with E-state index in [2.05, 4.69) is 17.3 Å². The second-order valence-corrected chi connectivity index (χ2v) is 8.85. The van der Waals surface area contributed by atoms with E-state index in [4.69, 9.17) is 4.74 Å². The fourth-order valence-corrected chi connectivity index (χ4v) is 4.15. The maximum absolute atomic E-state index is 13.6. The number of anilines is 1. The first-order valence-corrected chi connectivity index (χ1v) is 12.6. The minimum absolute atomic E-state index is 0.143. The van der Waals surface area contributed by atoms with E-state index in [0.717, 1.165) is 24.8 Å². The molecule has 38 heavy (non-hydrogen) atoms. The van der Waals surface area contributed by atoms with Crippen molar-refractivity contribution in [3.63, 3.8) is 0 Å². The van der Waals surface area contributed by atoms with Gasteiger partial charge in [-0.25, -0.2) is 9.07 Å². The molecule has 196 valence electrons. The second-order valence-electron chi connectivity index (χ2n) is 8.85. The molecule has 0 fully saturated rings. The van der Waals surface area contributed by atoms with Crippen LogP contribution in [0.3, 0.4) is 0 Å². The number of hydrogen-bond donors (Lipinski definition) is 1. The molecule has 0 saturated carbocycles. The first-order valence-electron chi connectivity index (χ1n) is 12.6. The topological polar surface area (TPSA) is 76.5 Å². The Morgan fingerprint density at radius 3 is 2.39 bits per heavy atom. The summed E-state index contributed by atoms with van der Waals surface area (Å²) in [6, 6.07) is 24.2. The smallest absolute Gasteiger partial charge is 0.258 e. The lowest BCUT2D eigenvalue weighted by molar-refractivity contribution is -0.117. The van der Waals surface area contributed by atoms with E-state index in [1.165, 1.54) is 19.2 Å². The fraction of sp³-hybridized carbons (Fsp3) is 0.233. The number of ether oxygens (including phenoxy) is 1. The van der Waals surface area contributed by atoms with Gasteiger partial charge in [-0.2, -0.15) is 5.10 Å². The van der Waals surface area contributed by atoms with Crippen molar-refractivity contribution in [2.45, 2.75) is 26.2 Å². The van der Waals surface area contributed by atoms with Crippen LogP contribution in [0.2, 0.25) is 0 Å². The number of benzene rings is 3. The summed E-state index contributed by atoms with van der Waals surface area (Å²) < 4.78 is 20.5. The number of halogens is 1. The molecular weight excluding hydrogens is 483 g/mol. The van der Waals surface area contributed by atoms with Crippen LogP contribution in [-0.2, 0) is 4.79 Å². The second kappa shape index (κ2) is 12.7. The lowest BCUT2D eigenvalue weighted by atomic mass is 10.1. The van der Waals surface area contributed by atoms with Gasteiger partial charge in [0.2, 0.25) is 5.91 Å². The van der Waals surface area contributed by atoms with Crippen LogP contribution in [0.1, 0.15) is 36.5 Å². The monoisotopic (exact) mass is 514 g/mol. The van der Waals surface area contributed by atoms with E-state index in [0.29, 0.717) is 35.1 Å². The highest BCUT2D eigenvalue weighted by molar-refractivity contribution is 6.01. The summed E-state index contributed by atoms with van der Waals surface area (Å²) in [6.07, 6.45) is 2.70. The molecular formula is C30H31FN4O3. The fourth-order valence-electron chi connectivity index (χ4n) is 4.15. The number of rotatable bonds is 11. The lowest BCUT2D eigenvalue weighted by Gasteiger charge is -2.23. The van der Waals surface area contributed by atoms with Crippen LogP contribution < -0.4 is 10.1 Å². The van der Waals surface area contributed by atoms with Crippen molar-refractivity contribution in [1.82, 2.24) is 14.7 Å². The third kappa shape index (κ3) is 6.45. The highest BCUT2D eigenvalue weighted by Crippen LogP contribution is 2.25. The molecule has 4 rings (SSSR count). The van der Waals surface area contributed by atoms with Crippen molar-refractivity contribution in [2.75, 3.05) is 25.5 Å². The minimum atomic E-state index is -0.368. The first kappa shape index (κ1) is 26.6. The molecule has 0 unspecified atom stereocenters. The van der Waals surface area contributed by atoms with Crippen molar-refractivity contribution < 1.29 is 18.7 Å². The van der Waals surface area contributed by atoms with E-state index < -0.39 is 0 Å². The summed E-state index contributed by atoms with van der Waals surface area (Å²) >= 11 is 0. The zero-order valence-corrected chi connectivity index (χ0v) is 21.6. The predicted molar refractivity (Wildman–Crippen MR) is 146 cm³/mol. The van der Waals surface area contributed by atoms with Gasteiger partial charge in [0.25, 0.3) is 5.91 Å². The molecule has 0 bridgehead atoms. The molecule has 4 aromatic rings. The Labute approximate surface area is 221 Å². The zero-order valence-electron chi connectivity index (χ0n) is 21.6. The maximum atomic E-state index is 13.6. The Bertz CT molecular complexity index is 1370. The molecule has 8 heteroatoms. The standard InChI is InChI=1S/C30H31FN4O3/c1-3-4-10-19-34(30(37)25-13-8-9-14-27(25)38-2)21-29(36)32-28-20-26(22-11-6-5-7-12-22)33-35(28)24-17-15-23(31)16-18-24/h5-9,11-18,20H,3-4,10,19,21H2,1-2H3,(H,32,36). The molecule has 0 aliphatic heterocycles. The van der Waals surface area contributed by atoms with Gasteiger partial charge in [-0.3, -0.25) is 9.59 Å². The molecule has 0 atom stereocenters. The van der Waals surface area contributed by atoms with Gasteiger partial charge in [0.15, 0.2) is 0 Å². The Hall–Kier alpha value is -4.46. The summed E-state index contributed by atoms with van der Waals surface area (Å²) in [5, 5.41) is 7.57. The number of methoxy groups -OCH3 is 1. The summed E-state index contributed by atoms with van der Waals surface area (Å²) in [6.45, 7) is 2.38. The molecule has 3 aromatic carbocycles. The number of carbonyl (C=O) groups is 2. The number of para-hydroxylation sites is 1. The number of nitrogens with zero attached hydrogens (tertiary/aromatic N) is 3. The van der Waals surface area contributed by atoms with Crippen molar-refractivity contribution in [3.8, 4) is 22.7 Å². The third-order valence-electron chi connectivity index (χ3n) is 6.11. The van der Waals surface area contributed by atoms with Crippen LogP contribution in [0, 0.1) is 5.82 Å². The van der Waals surface area contributed by atoms with E-state index in [1.807, 2.05) is 30.3 Å². The number of unbranched alkanes of at least 4 members (excludes halogenated alkanes) is 2. The van der Waals surface area contributed by atoms with Crippen LogP contribution >= 0.6 is 0 Å². The molecule has 0 aliphatic rings. The number of aromatic nitrogens is 2. The Kier molecular flexibility index (Phi) is 8.87. The molecule has 1 N–H and O–H groups in total. The average molecular weight is 515 g/mol. The molecule has 2 amide bonds. The number of carbonyl (C=O) groups excluding carboxylic acids is 2. The van der Waals surface area contributed by atoms with Crippen LogP contribution in [0.4, 0.5) is 10.2 Å². The SMILES string of the molecule is CCCCCN(CC(=O)Nc1cc(-c2ccccc2)nn1-c1ccc(F)cc1)C(=O)c1ccccc1OC. The summed E-state index contributed by atoms with van der Waals surface area (Å²) in [5.41, 5.74) is 2.52. The van der Waals surface area contributed by atoms with E-state index in [9.17, 15) is 14.0 Å². The highest BCUT2D eigenvalue weighted by atomic mass is 19.1. The maximum Gasteiger partial charge on any atom is 0.258 e. The van der Waals surface area contributed by atoms with Crippen LogP contribution in [-0.4, -0.2) is 46.7 Å². The van der Waals surface area contributed by atoms with Gasteiger partial charge in [-0.1, -0.05) is 62.2 Å². The quantitative estimate of drug-likeness (QED) is 0.251. The molecule has 1 heterocycles. The average Bonchev–Trinajstić information content (AvgIpc) is 3.36. The van der Waals surface area contributed by atoms with Crippen molar-refractivity contribution >= 4 is 17.6 Å². The summed E-state index contributed by atoms with van der Waals surface area (Å²) in [5.74, 6) is -0.135. The molecule has 1 aromatic heterocycles. The van der Waals surface area contributed by atoms with Crippen LogP contribution in [0.5, 0.6) is 5.75 Å². The summed E-state index contributed by atoms with van der Waals surface area (Å²) in [7, 11) is 1.52. The first-order chi connectivity index (χ1) is 18.5. The van der Waals surface area contributed by atoms with Gasteiger partial charge in [-0.15, -0.1) is 0 Å². The van der Waals surface area contributed by atoms with E-state index in [1.54, 1.807) is 52.0 Å². The van der Waals surface area contributed by atoms with Gasteiger partial charge >= 0.3 is 0 Å². The Balaban J connectivity index is 1.60. The number of amides is 2. The largest absolute Gasteiger partial charge is 0.496 e. The predicted octanol–water partition coefficient (Wildman–Crippen LogP) is 5.96. The zero-order chi connectivity index (χ0) is 26.9. The molecule has 0 radical (unpaired) electrons. The highest BCUT2D eigenvalue weighted by Gasteiger charge is 2.23. The van der Waals surface area contributed by atoms with Gasteiger partial charge in [-0.05, 0) is 42.8 Å². The van der Waals surface area contributed by atoms with Crippen LogP contribution in [0.15, 0.2) is 84.9 Å². The number of hydrogen-bond acceptors (Lipinski definition) is 4. The van der Waals surface area contributed by atoms with Crippen molar-refractivity contribution in [1.29, 1.82) is 0 Å². The van der Waals surface area contributed by atoms with Crippen molar-refractivity contribution in [2.24, 2.45) is 0 Å².